The van der Waals surface area contributed by atoms with E-state index in [-0.39, 0.29) is 5.56 Å². The Morgan fingerprint density at radius 2 is 1.54 bits per heavy atom. The van der Waals surface area contributed by atoms with Gasteiger partial charge in [0, 0.05) is 48.4 Å². The fraction of sp³-hybridized carbons (Fsp3) is 0.227. The molecule has 1 aliphatic heterocycles. The maximum atomic E-state index is 12.6. The zero-order chi connectivity index (χ0) is 24.9. The Hall–Kier alpha value is -4.65. The van der Waals surface area contributed by atoms with Crippen LogP contribution in [0.25, 0.3) is 0 Å². The van der Waals surface area contributed by atoms with Crippen molar-refractivity contribution in [3.8, 4) is 0 Å². The minimum absolute atomic E-state index is 0.197. The van der Waals surface area contributed by atoms with Gasteiger partial charge in [-0.05, 0) is 31.2 Å². The first-order valence-corrected chi connectivity index (χ1v) is 10.6. The van der Waals surface area contributed by atoms with E-state index >= 15 is 0 Å². The lowest BCUT2D eigenvalue weighted by atomic mass is 10.1. The lowest BCUT2D eigenvalue weighted by Crippen LogP contribution is -2.36. The molecule has 35 heavy (non-hydrogen) atoms. The molecule has 2 heterocycles. The molecular formula is C22H21N7O6. The molecule has 13 nitrogen and oxygen atoms in total. The molecule has 0 unspecified atom stereocenters. The number of benzene rings is 2. The van der Waals surface area contributed by atoms with Gasteiger partial charge in [0.1, 0.15) is 5.82 Å². The maximum Gasteiger partial charge on any atom is 0.277 e. The highest BCUT2D eigenvalue weighted by Crippen LogP contribution is 2.24. The number of amides is 1. The van der Waals surface area contributed by atoms with E-state index in [9.17, 15) is 25.0 Å². The number of non-ortho nitro benzene ring substituents is 2. The number of morpholine rings is 1. The SMILES string of the molecule is Cc1cc(N2CCOCC2)nc(Nc2ccc(NC(=O)c3cc([N+](=O)[O-])cc([N+](=O)[O-])c3)cc2)n1. The van der Waals surface area contributed by atoms with E-state index in [1.807, 2.05) is 13.0 Å². The topological polar surface area (TPSA) is 166 Å². The standard InChI is InChI=1S/C22H21N7O6/c1-14-10-20(27-6-8-35-9-7-27)26-22(23-14)25-17-4-2-16(3-5-17)24-21(30)15-11-18(28(31)32)13-19(12-15)29(33)34/h2-5,10-13H,6-9H2,1H3,(H,24,30)(H,23,25,26). The third-order valence-corrected chi connectivity index (χ3v) is 5.16. The molecule has 0 radical (unpaired) electrons. The molecule has 0 aliphatic carbocycles. The number of nitro benzene ring substituents is 2. The second-order valence-electron chi connectivity index (χ2n) is 7.70. The summed E-state index contributed by atoms with van der Waals surface area (Å²) in [7, 11) is 0. The molecule has 0 atom stereocenters. The van der Waals surface area contributed by atoms with Crippen LogP contribution in [0.3, 0.4) is 0 Å². The van der Waals surface area contributed by atoms with Crippen LogP contribution in [0.1, 0.15) is 16.1 Å². The lowest BCUT2D eigenvalue weighted by Gasteiger charge is -2.28. The molecule has 0 spiro atoms. The van der Waals surface area contributed by atoms with Crippen molar-refractivity contribution in [3.05, 3.63) is 80.0 Å². The molecule has 1 aliphatic rings. The molecule has 1 saturated heterocycles. The number of anilines is 4. The van der Waals surface area contributed by atoms with Gasteiger partial charge < -0.3 is 20.3 Å². The van der Waals surface area contributed by atoms with E-state index < -0.39 is 27.1 Å². The second-order valence-corrected chi connectivity index (χ2v) is 7.70. The van der Waals surface area contributed by atoms with Crippen molar-refractivity contribution in [2.45, 2.75) is 6.92 Å². The quantitative estimate of drug-likeness (QED) is 0.378. The Labute approximate surface area is 199 Å². The van der Waals surface area contributed by atoms with Crippen LogP contribution in [0.4, 0.5) is 34.5 Å². The number of aryl methyl sites for hydroxylation is 1. The van der Waals surface area contributed by atoms with Gasteiger partial charge >= 0.3 is 0 Å². The number of carbonyl (C=O) groups is 1. The number of ether oxygens (including phenoxy) is 1. The summed E-state index contributed by atoms with van der Waals surface area (Å²) in [6.45, 7) is 4.66. The van der Waals surface area contributed by atoms with Gasteiger partial charge in [-0.25, -0.2) is 4.98 Å². The van der Waals surface area contributed by atoms with Crippen molar-refractivity contribution in [1.82, 2.24) is 9.97 Å². The molecule has 13 heteroatoms. The number of nitro groups is 2. The molecule has 0 saturated carbocycles. The fourth-order valence-electron chi connectivity index (χ4n) is 3.47. The Morgan fingerprint density at radius 3 is 2.14 bits per heavy atom. The average Bonchev–Trinajstić information content (AvgIpc) is 2.85. The Balaban J connectivity index is 1.46. The number of nitrogens with zero attached hydrogens (tertiary/aromatic N) is 5. The first-order chi connectivity index (χ1) is 16.8. The summed E-state index contributed by atoms with van der Waals surface area (Å²) in [5.74, 6) is 0.514. The minimum Gasteiger partial charge on any atom is -0.378 e. The number of hydrogen-bond donors (Lipinski definition) is 2. The van der Waals surface area contributed by atoms with Gasteiger partial charge in [-0.1, -0.05) is 0 Å². The number of aromatic nitrogens is 2. The first kappa shape index (κ1) is 23.5. The smallest absolute Gasteiger partial charge is 0.277 e. The Morgan fingerprint density at radius 1 is 0.943 bits per heavy atom. The van der Waals surface area contributed by atoms with Crippen LogP contribution >= 0.6 is 0 Å². The molecule has 2 aromatic carbocycles. The third kappa shape index (κ3) is 5.83. The highest BCUT2D eigenvalue weighted by Gasteiger charge is 2.20. The van der Waals surface area contributed by atoms with Crippen LogP contribution in [-0.4, -0.2) is 52.0 Å². The summed E-state index contributed by atoms with van der Waals surface area (Å²) in [4.78, 5) is 44.2. The summed E-state index contributed by atoms with van der Waals surface area (Å²) in [6.07, 6.45) is 0. The van der Waals surface area contributed by atoms with Crippen LogP contribution in [0, 0.1) is 27.2 Å². The molecule has 1 aromatic heterocycles. The minimum atomic E-state index is -0.790. The molecule has 3 aromatic rings. The molecule has 0 bridgehead atoms. The van der Waals surface area contributed by atoms with Crippen molar-refractivity contribution in [3.63, 3.8) is 0 Å². The number of hydrogen-bond acceptors (Lipinski definition) is 10. The second kappa shape index (κ2) is 10.1. The van der Waals surface area contributed by atoms with E-state index in [2.05, 4.69) is 25.5 Å². The van der Waals surface area contributed by atoms with Gasteiger partial charge in [0.15, 0.2) is 0 Å². The largest absolute Gasteiger partial charge is 0.378 e. The van der Waals surface area contributed by atoms with Crippen LogP contribution < -0.4 is 15.5 Å². The van der Waals surface area contributed by atoms with Crippen molar-refractivity contribution in [1.29, 1.82) is 0 Å². The predicted octanol–water partition coefficient (Wildman–Crippen LogP) is 3.43. The monoisotopic (exact) mass is 479 g/mol. The fourth-order valence-corrected chi connectivity index (χ4v) is 3.47. The number of nitrogens with one attached hydrogen (secondary N) is 2. The van der Waals surface area contributed by atoms with Gasteiger partial charge in [-0.15, -0.1) is 0 Å². The van der Waals surface area contributed by atoms with Gasteiger partial charge in [0.2, 0.25) is 5.95 Å². The summed E-state index contributed by atoms with van der Waals surface area (Å²) < 4.78 is 5.39. The average molecular weight is 479 g/mol. The molecule has 1 amide bonds. The maximum absolute atomic E-state index is 12.6. The van der Waals surface area contributed by atoms with E-state index in [0.717, 1.165) is 42.8 Å². The molecule has 2 N–H and O–H groups in total. The van der Waals surface area contributed by atoms with Crippen LogP contribution in [-0.2, 0) is 4.74 Å². The summed E-state index contributed by atoms with van der Waals surface area (Å²) in [5, 5.41) is 27.8. The summed E-state index contributed by atoms with van der Waals surface area (Å²) in [5.41, 5.74) is 0.592. The molecule has 4 rings (SSSR count). The van der Waals surface area contributed by atoms with Gasteiger partial charge in [0.25, 0.3) is 17.3 Å². The lowest BCUT2D eigenvalue weighted by molar-refractivity contribution is -0.394. The zero-order valence-corrected chi connectivity index (χ0v) is 18.6. The van der Waals surface area contributed by atoms with E-state index in [1.54, 1.807) is 24.3 Å². The molecule has 180 valence electrons. The normalized spacial score (nSPS) is 13.2. The zero-order valence-electron chi connectivity index (χ0n) is 18.6. The molecule has 1 fully saturated rings. The van der Waals surface area contributed by atoms with E-state index in [1.165, 1.54) is 0 Å². The van der Waals surface area contributed by atoms with Crippen molar-refractivity contribution in [2.24, 2.45) is 0 Å². The third-order valence-electron chi connectivity index (χ3n) is 5.16. The van der Waals surface area contributed by atoms with E-state index in [0.29, 0.717) is 30.5 Å². The van der Waals surface area contributed by atoms with Gasteiger partial charge in [-0.2, -0.15) is 4.98 Å². The van der Waals surface area contributed by atoms with Crippen molar-refractivity contribution >= 4 is 40.4 Å². The first-order valence-electron chi connectivity index (χ1n) is 10.6. The Bertz CT molecular complexity index is 1240. The Kier molecular flexibility index (Phi) is 6.78. The van der Waals surface area contributed by atoms with Gasteiger partial charge in [-0.3, -0.25) is 25.0 Å². The van der Waals surface area contributed by atoms with Crippen LogP contribution in [0.15, 0.2) is 48.5 Å². The van der Waals surface area contributed by atoms with Gasteiger partial charge in [0.05, 0.1) is 34.7 Å². The van der Waals surface area contributed by atoms with Crippen molar-refractivity contribution < 1.29 is 19.4 Å². The van der Waals surface area contributed by atoms with Crippen LogP contribution in [0.5, 0.6) is 0 Å². The van der Waals surface area contributed by atoms with E-state index in [4.69, 9.17) is 4.74 Å². The predicted molar refractivity (Wildman–Crippen MR) is 127 cm³/mol. The number of rotatable bonds is 7. The highest BCUT2D eigenvalue weighted by molar-refractivity contribution is 6.05. The van der Waals surface area contributed by atoms with Crippen LogP contribution in [0.2, 0.25) is 0 Å². The van der Waals surface area contributed by atoms with Crippen molar-refractivity contribution in [2.75, 3.05) is 41.8 Å². The summed E-state index contributed by atoms with van der Waals surface area (Å²) in [6, 6.07) is 11.3. The summed E-state index contributed by atoms with van der Waals surface area (Å²) >= 11 is 0. The highest BCUT2D eigenvalue weighted by atomic mass is 16.6. The number of carbonyl (C=O) groups excluding carboxylic acids is 1. The molecular weight excluding hydrogens is 458 g/mol.